The zero-order valence-corrected chi connectivity index (χ0v) is 61.6. The van der Waals surface area contributed by atoms with Gasteiger partial charge in [-0.25, -0.2) is 0 Å². The lowest BCUT2D eigenvalue weighted by Gasteiger charge is -2.39. The van der Waals surface area contributed by atoms with Crippen LogP contribution < -0.4 is 41.5 Å². The van der Waals surface area contributed by atoms with E-state index in [2.05, 4.69) is 362 Å². The van der Waals surface area contributed by atoms with Gasteiger partial charge in [0.25, 0.3) is 0 Å². The number of hydrogen-bond acceptors (Lipinski definition) is 0. The summed E-state index contributed by atoms with van der Waals surface area (Å²) >= 11 is 0. The Balaban J connectivity index is 0.974. The second kappa shape index (κ2) is 29.2. The molecule has 0 radical (unpaired) electrons. The molecule has 16 rings (SSSR count). The maximum absolute atomic E-state index is 3.34. The number of benzene rings is 14. The highest BCUT2D eigenvalue weighted by Crippen LogP contribution is 2.38. The van der Waals surface area contributed by atoms with E-state index in [4.69, 9.17) is 0 Å². The molecule has 0 amide bonds. The number of nitrogens with zero attached hydrogens (tertiary/aromatic N) is 2. The van der Waals surface area contributed by atoms with Gasteiger partial charge < -0.3 is 8.47 Å². The molecule has 14 aromatic carbocycles. The van der Waals surface area contributed by atoms with Crippen LogP contribution in [0.2, 0.25) is 12.1 Å². The summed E-state index contributed by atoms with van der Waals surface area (Å²) < 4.78 is 5.84. The van der Waals surface area contributed by atoms with Crippen molar-refractivity contribution >= 4 is 131 Å². The second-order valence-electron chi connectivity index (χ2n) is 28.3. The van der Waals surface area contributed by atoms with Crippen molar-refractivity contribution in [1.29, 1.82) is 0 Å². The summed E-state index contributed by atoms with van der Waals surface area (Å²) in [6.45, 7) is 4.67. The molecule has 5 heteroatoms. The van der Waals surface area contributed by atoms with Crippen LogP contribution in [-0.2, 0) is 0 Å². The lowest BCUT2D eigenvalue weighted by atomic mass is 10.1. The molecule has 2 heterocycles. The summed E-state index contributed by atoms with van der Waals surface area (Å²) in [5.41, 5.74) is 10.2. The predicted molar refractivity (Wildman–Crippen MR) is 445 cm³/mol. The molecular weight excluding hydrogens is 1270 g/mol. The zero-order valence-electron chi connectivity index (χ0n) is 58.6. The highest BCUT2D eigenvalue weighted by atomic mass is 28.3. The summed E-state index contributed by atoms with van der Waals surface area (Å²) in [5, 5.41) is 22.0. The zero-order chi connectivity index (χ0) is 68.0. The number of hydrogen-bond donors (Lipinski definition) is 0. The van der Waals surface area contributed by atoms with Crippen molar-refractivity contribution in [2.75, 3.05) is 0 Å². The van der Waals surface area contributed by atoms with E-state index in [0.29, 0.717) is 0 Å². The molecule has 2 aromatic heterocycles. The molecule has 496 valence electrons. The fourth-order valence-electron chi connectivity index (χ4n) is 17.8. The van der Waals surface area contributed by atoms with Gasteiger partial charge in [-0.15, -0.1) is 0 Å². The molecular formula is C96H90N2Si3. The van der Waals surface area contributed by atoms with Gasteiger partial charge in [0.1, 0.15) is 0 Å². The first-order chi connectivity index (χ1) is 50.0. The number of unbranched alkanes of at least 4 members (excludes halogenated alkanes) is 10. The van der Waals surface area contributed by atoms with E-state index in [1.165, 1.54) is 193 Å². The van der Waals surface area contributed by atoms with E-state index in [0.717, 1.165) is 24.9 Å². The largest absolute Gasteiger partial charge is 0.359 e. The highest BCUT2D eigenvalue weighted by Gasteiger charge is 2.48. The quantitative estimate of drug-likeness (QED) is 0.0291. The SMILES string of the molecule is CCCCCCCC[Si](c1ccc([Si](c2ccc(-c3ccccc3)cc2)(c2ccc(-c3ccccc3)cc2)c2ccc([Si](CCCCCCCC)(c3cccc4ccccc34)n3c4ccccc4c4ccccc43)cc2)cc1)(c1cccc2ccccc12)n1c2ccccc2c2ccccc21. The molecule has 0 fully saturated rings. The van der Waals surface area contributed by atoms with Crippen LogP contribution >= 0.6 is 0 Å². The van der Waals surface area contributed by atoms with Crippen LogP contribution in [0.15, 0.2) is 340 Å². The first kappa shape index (κ1) is 65.5. The Morgan fingerprint density at radius 1 is 0.208 bits per heavy atom. The summed E-state index contributed by atoms with van der Waals surface area (Å²) in [4.78, 5) is 0. The van der Waals surface area contributed by atoms with Crippen molar-refractivity contribution in [3.8, 4) is 22.3 Å². The first-order valence-corrected chi connectivity index (χ1v) is 43.8. The third kappa shape index (κ3) is 11.9. The van der Waals surface area contributed by atoms with Crippen molar-refractivity contribution in [3.63, 3.8) is 0 Å². The molecule has 0 saturated heterocycles. The van der Waals surface area contributed by atoms with Crippen molar-refractivity contribution in [3.05, 3.63) is 340 Å². The topological polar surface area (TPSA) is 9.86 Å². The molecule has 0 spiro atoms. The molecule has 0 aliphatic carbocycles. The van der Waals surface area contributed by atoms with Gasteiger partial charge in [0.05, 0.1) is 0 Å². The van der Waals surface area contributed by atoms with E-state index in [9.17, 15) is 0 Å². The fourth-order valence-corrected chi connectivity index (χ4v) is 33.2. The molecule has 2 nitrogen and oxygen atoms in total. The van der Waals surface area contributed by atoms with Crippen LogP contribution in [0.4, 0.5) is 0 Å². The van der Waals surface area contributed by atoms with Crippen LogP contribution in [0.5, 0.6) is 0 Å². The lowest BCUT2D eigenvalue weighted by molar-refractivity contribution is 0.622. The van der Waals surface area contributed by atoms with Crippen molar-refractivity contribution < 1.29 is 0 Å². The van der Waals surface area contributed by atoms with Crippen LogP contribution in [0.3, 0.4) is 0 Å². The molecule has 0 aliphatic heterocycles. The predicted octanol–water partition coefficient (Wildman–Crippen LogP) is 20.9. The summed E-state index contributed by atoms with van der Waals surface area (Å²) in [7, 11) is -9.49. The Morgan fingerprint density at radius 2 is 0.465 bits per heavy atom. The van der Waals surface area contributed by atoms with Gasteiger partial charge in [-0.3, -0.25) is 0 Å². The summed E-state index contributed by atoms with van der Waals surface area (Å²) in [6, 6.07) is 135. The monoisotopic (exact) mass is 1350 g/mol. The van der Waals surface area contributed by atoms with Gasteiger partial charge in [0.15, 0.2) is 8.07 Å². The molecule has 0 bridgehead atoms. The Bertz CT molecular complexity index is 5040. The van der Waals surface area contributed by atoms with Crippen LogP contribution in [-0.4, -0.2) is 33.0 Å². The minimum absolute atomic E-state index is 1.08. The molecule has 0 aliphatic rings. The molecule has 2 unspecified atom stereocenters. The second-order valence-corrected chi connectivity index (χ2v) is 39.7. The van der Waals surface area contributed by atoms with E-state index in [1.807, 2.05) is 0 Å². The molecule has 101 heavy (non-hydrogen) atoms. The van der Waals surface area contributed by atoms with E-state index in [-0.39, 0.29) is 0 Å². The van der Waals surface area contributed by atoms with Gasteiger partial charge in [-0.1, -0.05) is 406 Å². The summed E-state index contributed by atoms with van der Waals surface area (Å²) in [6.07, 6.45) is 14.8. The third-order valence-electron chi connectivity index (χ3n) is 22.6. The standard InChI is InChI=1S/C96H90N2Si3/c1-3-5-7-9-11-31-71-99(95-53-33-41-77-39-19-21-43-85(77)95,97-91-49-27-23-45-87(91)88-46-24-28-50-92(88)97)79-63-67-83(68-64-79)101(81-59-55-75(56-60-81)73-35-15-13-16-36-73,82-61-57-76(58-62-82)74-37-17-14-18-38-74)84-69-65-80(66-70-84)100(72-32-12-10-8-6-4-2,96-54-34-42-78-40-20-22-44-86(78)96)98-93-51-29-25-47-89(93)90-48-26-30-52-94(90)98/h13-30,33-70H,3-12,31-32,71-72H2,1-2H3. The van der Waals surface area contributed by atoms with Crippen LogP contribution in [0.25, 0.3) is 87.4 Å². The van der Waals surface area contributed by atoms with Gasteiger partial charge in [0, 0.05) is 43.6 Å². The Labute approximate surface area is 600 Å². The number of para-hydroxylation sites is 4. The van der Waals surface area contributed by atoms with Gasteiger partial charge in [-0.2, -0.15) is 0 Å². The molecule has 0 N–H and O–H groups in total. The number of aromatic nitrogens is 2. The maximum Gasteiger partial charge on any atom is 0.226 e. The normalized spacial score (nSPS) is 13.2. The number of rotatable bonds is 26. The average Bonchev–Trinajstić information content (AvgIpc) is 1.69. The Hall–Kier alpha value is -10.1. The van der Waals surface area contributed by atoms with E-state index in [1.54, 1.807) is 0 Å². The molecule has 2 atom stereocenters. The fraction of sp³-hybridized carbons (Fsp3) is 0.167. The van der Waals surface area contributed by atoms with Crippen molar-refractivity contribution in [2.45, 2.75) is 103 Å². The first-order valence-electron chi connectivity index (χ1n) is 37.5. The maximum atomic E-state index is 2.92. The third-order valence-corrected chi connectivity index (χ3v) is 37.3. The Morgan fingerprint density at radius 3 is 0.812 bits per heavy atom. The Kier molecular flexibility index (Phi) is 18.9. The average molecular weight is 1360 g/mol. The summed E-state index contributed by atoms with van der Waals surface area (Å²) in [5.74, 6) is 0. The smallest absolute Gasteiger partial charge is 0.226 e. The van der Waals surface area contributed by atoms with Gasteiger partial charge >= 0.3 is 0 Å². The van der Waals surface area contributed by atoms with Gasteiger partial charge in [-0.05, 0) is 122 Å². The van der Waals surface area contributed by atoms with Gasteiger partial charge in [0.2, 0.25) is 16.5 Å². The molecule has 0 saturated carbocycles. The van der Waals surface area contributed by atoms with Crippen LogP contribution in [0.1, 0.15) is 90.9 Å². The van der Waals surface area contributed by atoms with E-state index < -0.39 is 24.5 Å². The van der Waals surface area contributed by atoms with E-state index >= 15 is 0 Å². The minimum Gasteiger partial charge on any atom is -0.359 e. The lowest BCUT2D eigenvalue weighted by Crippen LogP contribution is -2.75. The highest BCUT2D eigenvalue weighted by molar-refractivity contribution is 7.20. The molecule has 16 aromatic rings. The van der Waals surface area contributed by atoms with Crippen molar-refractivity contribution in [2.24, 2.45) is 0 Å². The minimum atomic E-state index is -3.34. The number of fused-ring (bicyclic) bond motifs is 8. The van der Waals surface area contributed by atoms with Crippen molar-refractivity contribution in [1.82, 2.24) is 8.47 Å². The van der Waals surface area contributed by atoms with Crippen LogP contribution in [0, 0.1) is 0 Å².